The lowest BCUT2D eigenvalue weighted by Gasteiger charge is -2.12. The van der Waals surface area contributed by atoms with E-state index in [9.17, 15) is 14.4 Å². The Morgan fingerprint density at radius 1 is 1.04 bits per heavy atom. The largest absolute Gasteiger partial charge is 0.287 e. The first-order valence-electron chi connectivity index (χ1n) is 7.20. The molecule has 0 radical (unpaired) electrons. The topological polar surface area (TPSA) is 128 Å². The minimum atomic E-state index is -0.578. The van der Waals surface area contributed by atoms with Crippen LogP contribution in [0.25, 0.3) is 11.3 Å². The zero-order chi connectivity index (χ0) is 16.9. The molecule has 3 amide bonds. The maximum Gasteiger partial charge on any atom is 0.287 e. The van der Waals surface area contributed by atoms with E-state index in [0.29, 0.717) is 5.69 Å². The van der Waals surface area contributed by atoms with Gasteiger partial charge in [0, 0.05) is 18.4 Å². The van der Waals surface area contributed by atoms with Gasteiger partial charge in [-0.05, 0) is 6.07 Å². The van der Waals surface area contributed by atoms with E-state index in [1.54, 1.807) is 6.07 Å². The normalized spacial score (nSPS) is 13.7. The summed E-state index contributed by atoms with van der Waals surface area (Å²) in [6.45, 7) is 0. The number of aromatic nitrogens is 2. The summed E-state index contributed by atoms with van der Waals surface area (Å²) < 4.78 is 0. The van der Waals surface area contributed by atoms with Gasteiger partial charge in [-0.1, -0.05) is 30.3 Å². The minimum Gasteiger partial charge on any atom is -0.273 e. The molecule has 0 spiro atoms. The lowest BCUT2D eigenvalue weighted by Crippen LogP contribution is -2.46. The van der Waals surface area contributed by atoms with Crippen LogP contribution in [-0.4, -0.2) is 33.6 Å². The van der Waals surface area contributed by atoms with Gasteiger partial charge in [0.15, 0.2) is 0 Å². The van der Waals surface area contributed by atoms with E-state index in [4.69, 9.17) is 0 Å². The number of hydrogen-bond acceptors (Lipinski definition) is 5. The van der Waals surface area contributed by atoms with Crippen LogP contribution < -0.4 is 16.3 Å². The molecule has 1 aromatic heterocycles. The first-order chi connectivity index (χ1) is 11.6. The predicted molar refractivity (Wildman–Crippen MR) is 84.4 cm³/mol. The molecule has 3 rings (SSSR count). The Kier molecular flexibility index (Phi) is 4.32. The molecular formula is C15H14N6O3. The van der Waals surface area contributed by atoms with Gasteiger partial charge in [-0.25, -0.2) is 5.43 Å². The van der Waals surface area contributed by atoms with E-state index in [1.165, 1.54) is 0 Å². The molecule has 1 aliphatic rings. The molecule has 0 saturated carbocycles. The molecule has 9 heteroatoms. The first kappa shape index (κ1) is 15.4. The molecule has 4 N–H and O–H groups in total. The number of hydrazone groups is 1. The van der Waals surface area contributed by atoms with Gasteiger partial charge >= 0.3 is 0 Å². The summed E-state index contributed by atoms with van der Waals surface area (Å²) >= 11 is 0. The fraction of sp³-hybridized carbons (Fsp3) is 0.133. The van der Waals surface area contributed by atoms with E-state index in [0.717, 1.165) is 5.56 Å². The summed E-state index contributed by atoms with van der Waals surface area (Å²) in [7, 11) is 0. The van der Waals surface area contributed by atoms with E-state index < -0.39 is 11.8 Å². The third-order valence-electron chi connectivity index (χ3n) is 3.35. The maximum atomic E-state index is 12.0. The number of carbonyl (C=O) groups excluding carboxylic acids is 3. The number of benzene rings is 1. The molecule has 2 aromatic rings. The third kappa shape index (κ3) is 3.46. The van der Waals surface area contributed by atoms with Crippen LogP contribution in [0, 0.1) is 0 Å². The zero-order valence-corrected chi connectivity index (χ0v) is 12.5. The molecule has 0 saturated heterocycles. The Hall–Kier alpha value is -3.49. The molecule has 2 heterocycles. The van der Waals surface area contributed by atoms with Crippen molar-refractivity contribution in [3.8, 4) is 11.3 Å². The standard InChI is InChI=1S/C15H14N6O3/c22-13-7-6-10(16-19-13)14(23)20-21-15(24)12-8-11(17-18-12)9-4-2-1-3-5-9/h1-5,8H,6-7H2,(H,17,18)(H,19,22)(H,20,23)(H,21,24). The Bertz CT molecular complexity index is 812. The quantitative estimate of drug-likeness (QED) is 0.596. The highest BCUT2D eigenvalue weighted by Gasteiger charge is 2.19. The van der Waals surface area contributed by atoms with Crippen LogP contribution in [0.1, 0.15) is 23.3 Å². The molecule has 0 atom stereocenters. The van der Waals surface area contributed by atoms with Crippen molar-refractivity contribution >= 4 is 23.4 Å². The molecule has 0 bridgehead atoms. The summed E-state index contributed by atoms with van der Waals surface area (Å²) in [5.41, 5.74) is 8.56. The maximum absolute atomic E-state index is 12.0. The first-order valence-corrected chi connectivity index (χ1v) is 7.20. The van der Waals surface area contributed by atoms with Crippen molar-refractivity contribution in [2.75, 3.05) is 0 Å². The highest BCUT2D eigenvalue weighted by Crippen LogP contribution is 2.16. The van der Waals surface area contributed by atoms with E-state index in [1.807, 2.05) is 30.3 Å². The summed E-state index contributed by atoms with van der Waals surface area (Å²) in [6, 6.07) is 10.9. The van der Waals surface area contributed by atoms with Crippen molar-refractivity contribution in [2.24, 2.45) is 5.10 Å². The van der Waals surface area contributed by atoms with Gasteiger partial charge in [0.1, 0.15) is 11.4 Å². The van der Waals surface area contributed by atoms with Crippen LogP contribution >= 0.6 is 0 Å². The molecule has 1 aromatic carbocycles. The summed E-state index contributed by atoms with van der Waals surface area (Å²) in [4.78, 5) is 34.8. The van der Waals surface area contributed by atoms with Crippen LogP contribution in [0.4, 0.5) is 0 Å². The zero-order valence-electron chi connectivity index (χ0n) is 12.5. The minimum absolute atomic E-state index is 0.143. The van der Waals surface area contributed by atoms with Crippen LogP contribution in [0.5, 0.6) is 0 Å². The van der Waals surface area contributed by atoms with Gasteiger partial charge in [0.25, 0.3) is 11.8 Å². The number of nitrogens with one attached hydrogen (secondary N) is 4. The van der Waals surface area contributed by atoms with Crippen molar-refractivity contribution in [1.29, 1.82) is 0 Å². The fourth-order valence-corrected chi connectivity index (χ4v) is 2.09. The van der Waals surface area contributed by atoms with Gasteiger partial charge in [-0.15, -0.1) is 0 Å². The van der Waals surface area contributed by atoms with Crippen LogP contribution in [0.3, 0.4) is 0 Å². The van der Waals surface area contributed by atoms with Gasteiger partial charge < -0.3 is 0 Å². The van der Waals surface area contributed by atoms with Crippen LogP contribution in [0.15, 0.2) is 41.5 Å². The van der Waals surface area contributed by atoms with E-state index >= 15 is 0 Å². The second kappa shape index (κ2) is 6.73. The van der Waals surface area contributed by atoms with Gasteiger partial charge in [0.05, 0.1) is 5.69 Å². The smallest absolute Gasteiger partial charge is 0.273 e. The number of nitrogens with zero attached hydrogens (tertiary/aromatic N) is 2. The third-order valence-corrected chi connectivity index (χ3v) is 3.35. The van der Waals surface area contributed by atoms with Gasteiger partial charge in [-0.3, -0.25) is 30.3 Å². The SMILES string of the molecule is O=C1CCC(C(=O)NNC(=O)c2cc(-c3ccccc3)n[nH]2)=NN1. The number of rotatable bonds is 3. The molecule has 0 aliphatic carbocycles. The lowest BCUT2D eigenvalue weighted by molar-refractivity contribution is -0.121. The van der Waals surface area contributed by atoms with E-state index in [-0.39, 0.29) is 30.2 Å². The average molecular weight is 326 g/mol. The van der Waals surface area contributed by atoms with Crippen LogP contribution in [0.2, 0.25) is 0 Å². The van der Waals surface area contributed by atoms with Crippen molar-refractivity contribution in [3.63, 3.8) is 0 Å². The van der Waals surface area contributed by atoms with Crippen molar-refractivity contribution < 1.29 is 14.4 Å². The average Bonchev–Trinajstić information content (AvgIpc) is 3.11. The number of carbonyl (C=O) groups is 3. The molecule has 0 fully saturated rings. The Balaban J connectivity index is 1.59. The summed E-state index contributed by atoms with van der Waals surface area (Å²) in [5.74, 6) is -1.37. The van der Waals surface area contributed by atoms with E-state index in [2.05, 4.69) is 31.6 Å². The Labute approximate surface area is 136 Å². The van der Waals surface area contributed by atoms with Crippen molar-refractivity contribution in [3.05, 3.63) is 42.1 Å². The van der Waals surface area contributed by atoms with Crippen LogP contribution in [-0.2, 0) is 9.59 Å². The highest BCUT2D eigenvalue weighted by molar-refractivity contribution is 6.39. The van der Waals surface area contributed by atoms with Crippen molar-refractivity contribution in [1.82, 2.24) is 26.5 Å². The van der Waals surface area contributed by atoms with Crippen molar-refractivity contribution in [2.45, 2.75) is 12.8 Å². The Morgan fingerprint density at radius 3 is 2.50 bits per heavy atom. The monoisotopic (exact) mass is 326 g/mol. The summed E-state index contributed by atoms with van der Waals surface area (Å²) in [6.07, 6.45) is 0.400. The number of hydrazine groups is 1. The number of aromatic amines is 1. The van der Waals surface area contributed by atoms with Gasteiger partial charge in [-0.2, -0.15) is 10.2 Å². The lowest BCUT2D eigenvalue weighted by atomic mass is 10.1. The molecule has 24 heavy (non-hydrogen) atoms. The molecule has 122 valence electrons. The number of hydrogen-bond donors (Lipinski definition) is 4. The number of H-pyrrole nitrogens is 1. The predicted octanol–water partition coefficient (Wildman–Crippen LogP) is 0.104. The second-order valence-corrected chi connectivity index (χ2v) is 5.03. The highest BCUT2D eigenvalue weighted by atomic mass is 16.2. The summed E-state index contributed by atoms with van der Waals surface area (Å²) in [5, 5.41) is 10.3. The molecule has 0 unspecified atom stereocenters. The van der Waals surface area contributed by atoms with Gasteiger partial charge in [0.2, 0.25) is 5.91 Å². The fourth-order valence-electron chi connectivity index (χ4n) is 2.09. The molecule has 9 nitrogen and oxygen atoms in total. The number of amides is 3. The molecule has 1 aliphatic heterocycles. The Morgan fingerprint density at radius 2 is 1.79 bits per heavy atom. The molecular weight excluding hydrogens is 312 g/mol. The second-order valence-electron chi connectivity index (χ2n) is 5.03.